The monoisotopic (exact) mass is 412 g/mol. The summed E-state index contributed by atoms with van der Waals surface area (Å²) in [4.78, 5) is 25.5. The van der Waals surface area contributed by atoms with Crippen molar-refractivity contribution in [2.75, 3.05) is 0 Å². The van der Waals surface area contributed by atoms with Crippen molar-refractivity contribution in [3.8, 4) is 5.75 Å². The van der Waals surface area contributed by atoms with Gasteiger partial charge >= 0.3 is 0 Å². The molecule has 3 rings (SSSR count). The first-order valence-electron chi connectivity index (χ1n) is 8.79. The van der Waals surface area contributed by atoms with Crippen LogP contribution >= 0.6 is 23.2 Å². The van der Waals surface area contributed by atoms with Crippen LogP contribution in [-0.2, 0) is 0 Å². The number of benzene rings is 3. The van der Waals surface area contributed by atoms with Gasteiger partial charge in [0.05, 0.1) is 0 Å². The summed E-state index contributed by atoms with van der Waals surface area (Å²) in [7, 11) is 0. The van der Waals surface area contributed by atoms with Gasteiger partial charge in [0.2, 0.25) is 0 Å². The first kappa shape index (κ1) is 20.1. The molecule has 0 radical (unpaired) electrons. The van der Waals surface area contributed by atoms with Crippen LogP contribution in [0.15, 0.2) is 72.8 Å². The molecule has 0 spiro atoms. The Morgan fingerprint density at radius 1 is 0.679 bits per heavy atom. The number of carbonyl (C=O) groups excluding carboxylic acids is 2. The quantitative estimate of drug-likeness (QED) is 0.461. The zero-order chi connectivity index (χ0) is 20.1. The number of halogens is 2. The fraction of sp³-hybridized carbons (Fsp3) is 0.130. The van der Waals surface area contributed by atoms with Gasteiger partial charge in [0, 0.05) is 34.0 Å². The van der Waals surface area contributed by atoms with Gasteiger partial charge in [-0.1, -0.05) is 35.3 Å². The number of phenols is 1. The fourth-order valence-corrected chi connectivity index (χ4v) is 3.26. The Kier molecular flexibility index (Phi) is 6.50. The average Bonchev–Trinajstić information content (AvgIpc) is 2.69. The third-order valence-corrected chi connectivity index (χ3v) is 5.06. The van der Waals surface area contributed by atoms with Gasteiger partial charge < -0.3 is 5.11 Å². The molecule has 0 atom stereocenters. The van der Waals surface area contributed by atoms with Crippen molar-refractivity contribution in [2.24, 2.45) is 0 Å². The van der Waals surface area contributed by atoms with Gasteiger partial charge in [-0.3, -0.25) is 9.59 Å². The van der Waals surface area contributed by atoms with Gasteiger partial charge in [-0.05, 0) is 72.1 Å². The minimum atomic E-state index is -0.313. The van der Waals surface area contributed by atoms with Crippen molar-refractivity contribution in [2.45, 2.75) is 18.8 Å². The lowest BCUT2D eigenvalue weighted by atomic mass is 9.86. The molecule has 3 aromatic rings. The lowest BCUT2D eigenvalue weighted by molar-refractivity contribution is 0.0944. The molecular weight excluding hydrogens is 395 g/mol. The van der Waals surface area contributed by atoms with Crippen molar-refractivity contribution < 1.29 is 14.7 Å². The van der Waals surface area contributed by atoms with E-state index in [9.17, 15) is 14.7 Å². The van der Waals surface area contributed by atoms with E-state index in [4.69, 9.17) is 23.2 Å². The summed E-state index contributed by atoms with van der Waals surface area (Å²) in [5.41, 5.74) is 1.92. The molecule has 142 valence electrons. The molecule has 3 nitrogen and oxygen atoms in total. The number of aromatic hydroxyl groups is 1. The normalized spacial score (nSPS) is 10.8. The van der Waals surface area contributed by atoms with Crippen LogP contribution in [0.25, 0.3) is 0 Å². The summed E-state index contributed by atoms with van der Waals surface area (Å²) < 4.78 is 0. The number of carbonyl (C=O) groups is 2. The number of hydrogen-bond acceptors (Lipinski definition) is 3. The highest BCUT2D eigenvalue weighted by atomic mass is 35.5. The predicted octanol–water partition coefficient (Wildman–Crippen LogP) is 6.33. The summed E-state index contributed by atoms with van der Waals surface area (Å²) in [6.07, 6.45) is 0.345. The molecule has 0 fully saturated rings. The molecule has 3 aromatic carbocycles. The number of phenolic OH excluding ortho intramolecular Hbond substituents is 1. The summed E-state index contributed by atoms with van der Waals surface area (Å²) in [5.74, 6) is -0.320. The largest absolute Gasteiger partial charge is 0.508 e. The molecule has 0 saturated heterocycles. The van der Waals surface area contributed by atoms with Gasteiger partial charge in [0.25, 0.3) is 0 Å². The SMILES string of the molecule is O=C(CC(CC(=O)c1ccc(Cl)cc1)c1ccc(O)cc1)c1ccc(Cl)cc1. The van der Waals surface area contributed by atoms with Gasteiger partial charge in [-0.15, -0.1) is 0 Å². The summed E-state index contributed by atoms with van der Waals surface area (Å²) in [6, 6.07) is 20.0. The lowest BCUT2D eigenvalue weighted by Crippen LogP contribution is -2.12. The Bertz CT molecular complexity index is 903. The third kappa shape index (κ3) is 5.22. The molecule has 1 N–H and O–H groups in total. The van der Waals surface area contributed by atoms with Crippen molar-refractivity contribution in [1.82, 2.24) is 0 Å². The minimum Gasteiger partial charge on any atom is -0.508 e. The van der Waals surface area contributed by atoms with E-state index in [1.807, 2.05) is 0 Å². The highest BCUT2D eigenvalue weighted by Crippen LogP contribution is 2.29. The second-order valence-electron chi connectivity index (χ2n) is 6.56. The lowest BCUT2D eigenvalue weighted by Gasteiger charge is -2.17. The van der Waals surface area contributed by atoms with Crippen LogP contribution in [0.3, 0.4) is 0 Å². The van der Waals surface area contributed by atoms with Crippen molar-refractivity contribution in [3.05, 3.63) is 99.5 Å². The van der Waals surface area contributed by atoms with Gasteiger partial charge in [-0.2, -0.15) is 0 Å². The van der Waals surface area contributed by atoms with E-state index >= 15 is 0 Å². The molecule has 5 heteroatoms. The topological polar surface area (TPSA) is 54.4 Å². The standard InChI is InChI=1S/C23H18Cl2O3/c24-19-7-1-16(2-8-19)22(27)13-18(15-5-11-21(26)12-6-15)14-23(28)17-3-9-20(25)10-4-17/h1-12,18,26H,13-14H2. The van der Waals surface area contributed by atoms with E-state index < -0.39 is 0 Å². The van der Waals surface area contributed by atoms with E-state index in [-0.39, 0.29) is 36.1 Å². The van der Waals surface area contributed by atoms with Crippen molar-refractivity contribution in [3.63, 3.8) is 0 Å². The molecule has 0 amide bonds. The predicted molar refractivity (Wildman–Crippen MR) is 112 cm³/mol. The van der Waals surface area contributed by atoms with Crippen LogP contribution in [0.5, 0.6) is 5.75 Å². The molecule has 0 aliphatic carbocycles. The van der Waals surface area contributed by atoms with Gasteiger partial charge in [-0.25, -0.2) is 0 Å². The fourth-order valence-electron chi connectivity index (χ4n) is 3.01. The molecule has 28 heavy (non-hydrogen) atoms. The van der Waals surface area contributed by atoms with E-state index in [2.05, 4.69) is 0 Å². The maximum Gasteiger partial charge on any atom is 0.163 e. The average molecular weight is 413 g/mol. The highest BCUT2D eigenvalue weighted by Gasteiger charge is 2.21. The third-order valence-electron chi connectivity index (χ3n) is 4.56. The smallest absolute Gasteiger partial charge is 0.163 e. The van der Waals surface area contributed by atoms with Crippen LogP contribution in [0.4, 0.5) is 0 Å². The van der Waals surface area contributed by atoms with E-state index in [1.165, 1.54) is 0 Å². The van der Waals surface area contributed by atoms with E-state index in [0.29, 0.717) is 21.2 Å². The van der Waals surface area contributed by atoms with Crippen LogP contribution in [0.2, 0.25) is 10.0 Å². The van der Waals surface area contributed by atoms with Crippen molar-refractivity contribution >= 4 is 34.8 Å². The Morgan fingerprint density at radius 3 is 1.46 bits per heavy atom. The number of hydrogen-bond donors (Lipinski definition) is 1. The summed E-state index contributed by atoms with van der Waals surface area (Å²) in [5, 5.41) is 10.7. The zero-order valence-electron chi connectivity index (χ0n) is 14.9. The van der Waals surface area contributed by atoms with Crippen LogP contribution in [-0.4, -0.2) is 16.7 Å². The second-order valence-corrected chi connectivity index (χ2v) is 7.43. The Balaban J connectivity index is 1.83. The maximum atomic E-state index is 12.7. The Morgan fingerprint density at radius 2 is 1.07 bits per heavy atom. The molecule has 0 aromatic heterocycles. The maximum absolute atomic E-state index is 12.7. The summed E-state index contributed by atoms with van der Waals surface area (Å²) >= 11 is 11.8. The molecule has 0 aliphatic rings. The van der Waals surface area contributed by atoms with Crippen LogP contribution < -0.4 is 0 Å². The highest BCUT2D eigenvalue weighted by molar-refractivity contribution is 6.31. The van der Waals surface area contributed by atoms with E-state index in [1.54, 1.807) is 72.8 Å². The molecule has 0 aliphatic heterocycles. The molecule has 0 unspecified atom stereocenters. The van der Waals surface area contributed by atoms with Gasteiger partial charge in [0.1, 0.15) is 5.75 Å². The second kappa shape index (κ2) is 9.05. The minimum absolute atomic E-state index is 0.0707. The molecule has 0 bridgehead atoms. The van der Waals surface area contributed by atoms with Crippen LogP contribution in [0.1, 0.15) is 45.0 Å². The molecular formula is C23H18Cl2O3. The van der Waals surface area contributed by atoms with Crippen molar-refractivity contribution in [1.29, 1.82) is 0 Å². The Hall–Kier alpha value is -2.62. The first-order valence-corrected chi connectivity index (χ1v) is 9.54. The number of ketones is 2. The Labute approximate surface area is 173 Å². The number of rotatable bonds is 7. The van der Waals surface area contributed by atoms with E-state index in [0.717, 1.165) is 5.56 Å². The molecule has 0 heterocycles. The summed E-state index contributed by atoms with van der Waals surface area (Å²) in [6.45, 7) is 0. The number of Topliss-reactive ketones (excluding diaryl/α,β-unsaturated/α-hetero) is 2. The molecule has 0 saturated carbocycles. The zero-order valence-corrected chi connectivity index (χ0v) is 16.5. The first-order chi connectivity index (χ1) is 13.4. The van der Waals surface area contributed by atoms with Gasteiger partial charge in [0.15, 0.2) is 11.6 Å². The van der Waals surface area contributed by atoms with Crippen LogP contribution in [0, 0.1) is 0 Å².